The largest absolute Gasteiger partial charge is 0.488 e. The number of hydrogen-bond donors (Lipinski definition) is 1. The van der Waals surface area contributed by atoms with Gasteiger partial charge in [-0.25, -0.2) is 9.97 Å². The highest BCUT2D eigenvalue weighted by Crippen LogP contribution is 2.29. The first-order valence-electron chi connectivity index (χ1n) is 11.5. The maximum atomic E-state index is 12.9. The molecule has 2 saturated heterocycles. The zero-order valence-corrected chi connectivity index (χ0v) is 19.3. The molecule has 0 saturated carbocycles. The van der Waals surface area contributed by atoms with Crippen LogP contribution in [0.1, 0.15) is 39.4 Å². The van der Waals surface area contributed by atoms with Crippen LogP contribution in [-0.2, 0) is 4.74 Å². The number of aryl methyl sites for hydroxylation is 1. The number of likely N-dealkylation sites (tertiary alicyclic amines) is 1. The van der Waals surface area contributed by atoms with E-state index in [2.05, 4.69) is 20.3 Å². The van der Waals surface area contributed by atoms with E-state index in [-0.39, 0.29) is 17.9 Å². The molecule has 4 heterocycles. The van der Waals surface area contributed by atoms with Gasteiger partial charge in [0, 0.05) is 31.1 Å². The van der Waals surface area contributed by atoms with Gasteiger partial charge >= 0.3 is 0 Å². The molecule has 35 heavy (non-hydrogen) atoms. The molecular formula is C25H25N5O5. The Labute approximate surface area is 202 Å². The van der Waals surface area contributed by atoms with Crippen molar-refractivity contribution in [2.24, 2.45) is 0 Å². The minimum atomic E-state index is -0.380. The Hall–Kier alpha value is -4.05. The number of anilines is 1. The van der Waals surface area contributed by atoms with E-state index in [1.54, 1.807) is 41.4 Å². The van der Waals surface area contributed by atoms with Crippen LogP contribution in [0.5, 0.6) is 17.2 Å². The summed E-state index contributed by atoms with van der Waals surface area (Å²) in [5, 5.41) is 2.74. The van der Waals surface area contributed by atoms with Crippen molar-refractivity contribution in [3.8, 4) is 17.2 Å². The normalized spacial score (nSPS) is 16.9. The standard InChI is InChI=1S/C25H25N5O5/c1-16-12-28-23(14-26-16)29-24(31)17-9-20(11-21(10-17)35-19-5-8-33-15-19)34-18-3-4-22(27-13-18)25(32)30-6-2-7-30/h3-4,9-14,19H,2,5-8,15H2,1H3,(H,28,29,31)/t19-/m0/s1. The first-order chi connectivity index (χ1) is 17.0. The number of ether oxygens (including phenoxy) is 3. The third kappa shape index (κ3) is 5.55. The molecule has 180 valence electrons. The summed E-state index contributed by atoms with van der Waals surface area (Å²) >= 11 is 0. The van der Waals surface area contributed by atoms with Crippen molar-refractivity contribution in [3.63, 3.8) is 0 Å². The molecule has 2 fully saturated rings. The Morgan fingerprint density at radius 2 is 1.89 bits per heavy atom. The summed E-state index contributed by atoms with van der Waals surface area (Å²) in [6, 6.07) is 8.28. The summed E-state index contributed by atoms with van der Waals surface area (Å²) in [6.45, 7) is 4.46. The molecule has 0 spiro atoms. The first-order valence-corrected chi connectivity index (χ1v) is 11.5. The van der Waals surface area contributed by atoms with Gasteiger partial charge < -0.3 is 24.4 Å². The summed E-state index contributed by atoms with van der Waals surface area (Å²) in [6.07, 6.45) is 6.25. The average molecular weight is 476 g/mol. The van der Waals surface area contributed by atoms with Crippen molar-refractivity contribution in [2.75, 3.05) is 31.6 Å². The van der Waals surface area contributed by atoms with Crippen molar-refractivity contribution in [3.05, 3.63) is 65.9 Å². The second-order valence-corrected chi connectivity index (χ2v) is 8.42. The average Bonchev–Trinajstić information content (AvgIpc) is 3.33. The molecular weight excluding hydrogens is 450 g/mol. The second-order valence-electron chi connectivity index (χ2n) is 8.42. The number of pyridine rings is 1. The summed E-state index contributed by atoms with van der Waals surface area (Å²) < 4.78 is 17.4. The lowest BCUT2D eigenvalue weighted by Crippen LogP contribution is -2.42. The van der Waals surface area contributed by atoms with Gasteiger partial charge in [0.25, 0.3) is 11.8 Å². The Morgan fingerprint density at radius 3 is 2.54 bits per heavy atom. The molecule has 0 unspecified atom stereocenters. The zero-order chi connectivity index (χ0) is 24.2. The molecule has 0 radical (unpaired) electrons. The van der Waals surface area contributed by atoms with E-state index in [1.165, 1.54) is 12.4 Å². The van der Waals surface area contributed by atoms with Gasteiger partial charge in [0.1, 0.15) is 29.0 Å². The van der Waals surface area contributed by atoms with Gasteiger partial charge in [-0.05, 0) is 37.6 Å². The van der Waals surface area contributed by atoms with Crippen LogP contribution < -0.4 is 14.8 Å². The minimum Gasteiger partial charge on any atom is -0.488 e. The van der Waals surface area contributed by atoms with Crippen LogP contribution in [0.4, 0.5) is 5.82 Å². The lowest BCUT2D eigenvalue weighted by molar-refractivity contribution is 0.0645. The number of aromatic nitrogens is 3. The lowest BCUT2D eigenvalue weighted by atomic mass is 10.1. The molecule has 2 aliphatic heterocycles. The van der Waals surface area contributed by atoms with Crippen LogP contribution in [0.2, 0.25) is 0 Å². The van der Waals surface area contributed by atoms with Crippen molar-refractivity contribution >= 4 is 17.6 Å². The molecule has 1 aromatic carbocycles. The minimum absolute atomic E-state index is 0.0878. The lowest BCUT2D eigenvalue weighted by Gasteiger charge is -2.30. The number of carbonyl (C=O) groups excluding carboxylic acids is 2. The van der Waals surface area contributed by atoms with Crippen molar-refractivity contribution < 1.29 is 23.8 Å². The maximum absolute atomic E-state index is 12.9. The van der Waals surface area contributed by atoms with Crippen LogP contribution in [0.25, 0.3) is 0 Å². The van der Waals surface area contributed by atoms with E-state index in [0.29, 0.717) is 47.5 Å². The fourth-order valence-electron chi connectivity index (χ4n) is 3.66. The number of amides is 2. The van der Waals surface area contributed by atoms with Crippen LogP contribution in [0.15, 0.2) is 48.9 Å². The SMILES string of the molecule is Cc1cnc(NC(=O)c2cc(Oc3ccc(C(=O)N4CCC4)nc3)cc(O[C@H]3CCOC3)c2)cn1. The Morgan fingerprint density at radius 1 is 1.03 bits per heavy atom. The molecule has 10 nitrogen and oxygen atoms in total. The highest BCUT2D eigenvalue weighted by molar-refractivity contribution is 6.04. The second kappa shape index (κ2) is 10.1. The quantitative estimate of drug-likeness (QED) is 0.554. The molecule has 10 heteroatoms. The van der Waals surface area contributed by atoms with E-state index in [1.807, 2.05) is 6.92 Å². The third-order valence-electron chi connectivity index (χ3n) is 5.69. The smallest absolute Gasteiger partial charge is 0.272 e. The summed E-state index contributed by atoms with van der Waals surface area (Å²) in [5.74, 6) is 1.18. The van der Waals surface area contributed by atoms with Gasteiger partial charge in [0.15, 0.2) is 5.82 Å². The number of nitrogens with zero attached hydrogens (tertiary/aromatic N) is 4. The molecule has 0 bridgehead atoms. The summed E-state index contributed by atoms with van der Waals surface area (Å²) in [5.41, 5.74) is 1.45. The molecule has 5 rings (SSSR count). The van der Waals surface area contributed by atoms with E-state index < -0.39 is 0 Å². The zero-order valence-electron chi connectivity index (χ0n) is 19.3. The third-order valence-corrected chi connectivity index (χ3v) is 5.69. The van der Waals surface area contributed by atoms with E-state index >= 15 is 0 Å². The topological polar surface area (TPSA) is 116 Å². The van der Waals surface area contributed by atoms with Crippen molar-refractivity contribution in [1.82, 2.24) is 19.9 Å². The fraction of sp³-hybridized carbons (Fsp3) is 0.320. The number of rotatable bonds is 7. The molecule has 3 aromatic rings. The predicted molar refractivity (Wildman–Crippen MR) is 126 cm³/mol. The van der Waals surface area contributed by atoms with E-state index in [4.69, 9.17) is 14.2 Å². The van der Waals surface area contributed by atoms with E-state index in [9.17, 15) is 9.59 Å². The van der Waals surface area contributed by atoms with Crippen LogP contribution >= 0.6 is 0 Å². The molecule has 1 atom stereocenters. The van der Waals surface area contributed by atoms with Crippen LogP contribution in [0, 0.1) is 6.92 Å². The number of benzene rings is 1. The van der Waals surface area contributed by atoms with E-state index in [0.717, 1.165) is 31.6 Å². The Bertz CT molecular complexity index is 1210. The summed E-state index contributed by atoms with van der Waals surface area (Å²) in [4.78, 5) is 39.6. The van der Waals surface area contributed by atoms with Gasteiger partial charge in [0.2, 0.25) is 0 Å². The number of nitrogens with one attached hydrogen (secondary N) is 1. The molecule has 1 N–H and O–H groups in total. The van der Waals surface area contributed by atoms with Gasteiger partial charge in [-0.15, -0.1) is 0 Å². The Balaban J connectivity index is 1.35. The van der Waals surface area contributed by atoms with Crippen molar-refractivity contribution in [2.45, 2.75) is 25.9 Å². The predicted octanol–water partition coefficient (Wildman–Crippen LogP) is 3.24. The molecule has 2 amide bonds. The number of hydrogen-bond acceptors (Lipinski definition) is 8. The van der Waals surface area contributed by atoms with Crippen LogP contribution in [-0.4, -0.2) is 64.1 Å². The Kier molecular flexibility index (Phi) is 6.53. The van der Waals surface area contributed by atoms with Gasteiger partial charge in [-0.2, -0.15) is 0 Å². The maximum Gasteiger partial charge on any atom is 0.272 e. The molecule has 2 aliphatic rings. The molecule has 0 aliphatic carbocycles. The van der Waals surface area contributed by atoms with Crippen molar-refractivity contribution in [1.29, 1.82) is 0 Å². The van der Waals surface area contributed by atoms with Gasteiger partial charge in [-0.1, -0.05) is 0 Å². The summed E-state index contributed by atoms with van der Waals surface area (Å²) in [7, 11) is 0. The highest BCUT2D eigenvalue weighted by Gasteiger charge is 2.23. The first kappa shape index (κ1) is 22.7. The fourth-order valence-corrected chi connectivity index (χ4v) is 3.66. The highest BCUT2D eigenvalue weighted by atomic mass is 16.5. The number of carbonyl (C=O) groups is 2. The monoisotopic (exact) mass is 475 g/mol. The van der Waals surface area contributed by atoms with Gasteiger partial charge in [-0.3, -0.25) is 14.6 Å². The molecule has 2 aromatic heterocycles. The van der Waals surface area contributed by atoms with Gasteiger partial charge in [0.05, 0.1) is 37.5 Å². The van der Waals surface area contributed by atoms with Crippen LogP contribution in [0.3, 0.4) is 0 Å².